The van der Waals surface area contributed by atoms with Gasteiger partial charge >= 0.3 is 6.01 Å². The van der Waals surface area contributed by atoms with Crippen molar-refractivity contribution < 1.29 is 27.4 Å². The second kappa shape index (κ2) is 11.4. The van der Waals surface area contributed by atoms with Crippen LogP contribution in [0.4, 0.5) is 11.5 Å². The fourth-order valence-electron chi connectivity index (χ4n) is 3.01. The average molecular weight is 565 g/mol. The second-order valence-electron chi connectivity index (χ2n) is 7.59. The third-order valence-corrected chi connectivity index (χ3v) is 6.58. The van der Waals surface area contributed by atoms with E-state index in [0.29, 0.717) is 11.4 Å². The normalized spacial score (nSPS) is 11.1. The molecule has 1 amide bonds. The molecule has 2 N–H and O–H groups in total. The molecule has 0 saturated carbocycles. The van der Waals surface area contributed by atoms with E-state index in [0.717, 1.165) is 10.0 Å². The minimum absolute atomic E-state index is 0.0167. The molecule has 0 aliphatic heterocycles. The summed E-state index contributed by atoms with van der Waals surface area (Å²) in [7, 11) is -1.22. The quantitative estimate of drug-likeness (QED) is 0.375. The van der Waals surface area contributed by atoms with Crippen molar-refractivity contribution in [2.45, 2.75) is 24.7 Å². The first kappa shape index (κ1) is 26.2. The predicted molar refractivity (Wildman–Crippen MR) is 135 cm³/mol. The summed E-state index contributed by atoms with van der Waals surface area (Å²) < 4.78 is 44.4. The lowest BCUT2D eigenvalue weighted by Crippen LogP contribution is -2.20. The van der Waals surface area contributed by atoms with Gasteiger partial charge in [-0.15, -0.1) is 0 Å². The molecule has 0 radical (unpaired) electrons. The van der Waals surface area contributed by atoms with E-state index in [9.17, 15) is 13.2 Å². The SMILES string of the molecule is COc1cc(NS(=O)(=O)c2ccc(NC(=O)COc3ccc(Br)cc3C(C)C)cc2)nc(OC)n1. The fourth-order valence-corrected chi connectivity index (χ4v) is 4.38. The Kier molecular flexibility index (Phi) is 8.52. The molecule has 2 aromatic carbocycles. The Labute approximate surface area is 212 Å². The Hall–Kier alpha value is -3.38. The summed E-state index contributed by atoms with van der Waals surface area (Å²) in [5, 5.41) is 2.69. The third kappa shape index (κ3) is 7.06. The summed E-state index contributed by atoms with van der Waals surface area (Å²) >= 11 is 3.44. The molecule has 12 heteroatoms. The van der Waals surface area contributed by atoms with Crippen LogP contribution in [0, 0.1) is 0 Å². The third-order valence-electron chi connectivity index (χ3n) is 4.71. The first-order chi connectivity index (χ1) is 16.6. The van der Waals surface area contributed by atoms with E-state index in [-0.39, 0.29) is 41.0 Å². The Bertz CT molecular complexity index is 1280. The monoisotopic (exact) mass is 564 g/mol. The molecule has 0 aliphatic carbocycles. The van der Waals surface area contributed by atoms with E-state index in [1.807, 2.05) is 32.0 Å². The van der Waals surface area contributed by atoms with Gasteiger partial charge in [-0.3, -0.25) is 9.52 Å². The largest absolute Gasteiger partial charge is 0.483 e. The van der Waals surface area contributed by atoms with Crippen LogP contribution in [0.5, 0.6) is 17.6 Å². The highest BCUT2D eigenvalue weighted by atomic mass is 79.9. The summed E-state index contributed by atoms with van der Waals surface area (Å²) in [6.07, 6.45) is 0. The van der Waals surface area contributed by atoms with Crippen molar-refractivity contribution in [3.8, 4) is 17.6 Å². The number of carbonyl (C=O) groups excluding carboxylic acids is 1. The lowest BCUT2D eigenvalue weighted by atomic mass is 10.0. The van der Waals surface area contributed by atoms with Crippen LogP contribution >= 0.6 is 15.9 Å². The van der Waals surface area contributed by atoms with Gasteiger partial charge in [-0.05, 0) is 53.9 Å². The van der Waals surface area contributed by atoms with E-state index >= 15 is 0 Å². The number of rotatable bonds is 10. The number of nitrogens with one attached hydrogen (secondary N) is 2. The molecule has 186 valence electrons. The molecule has 0 saturated heterocycles. The highest BCUT2D eigenvalue weighted by Gasteiger charge is 2.17. The lowest BCUT2D eigenvalue weighted by molar-refractivity contribution is -0.118. The van der Waals surface area contributed by atoms with E-state index in [2.05, 4.69) is 35.9 Å². The van der Waals surface area contributed by atoms with Crippen molar-refractivity contribution in [1.82, 2.24) is 9.97 Å². The summed E-state index contributed by atoms with van der Waals surface area (Å²) in [5.74, 6) is 0.592. The Morgan fingerprint density at radius 2 is 1.74 bits per heavy atom. The van der Waals surface area contributed by atoms with Gasteiger partial charge in [0.25, 0.3) is 15.9 Å². The summed E-state index contributed by atoms with van der Waals surface area (Å²) in [5.41, 5.74) is 1.40. The standard InChI is InChI=1S/C23H25BrN4O6S/c1-14(2)18-11-15(24)5-10-19(18)34-13-21(29)25-16-6-8-17(9-7-16)35(30,31)28-20-12-22(32-3)27-23(26-20)33-4/h5-12,14H,13H2,1-4H3,(H,25,29)(H,26,27,28). The molecular formula is C23H25BrN4O6S. The van der Waals surface area contributed by atoms with Gasteiger partial charge in [-0.25, -0.2) is 8.42 Å². The van der Waals surface area contributed by atoms with Crippen LogP contribution in [-0.4, -0.2) is 45.1 Å². The van der Waals surface area contributed by atoms with E-state index in [4.69, 9.17) is 14.2 Å². The number of benzene rings is 2. The van der Waals surface area contributed by atoms with Crippen LogP contribution in [0.2, 0.25) is 0 Å². The molecular weight excluding hydrogens is 540 g/mol. The van der Waals surface area contributed by atoms with Crippen LogP contribution in [-0.2, 0) is 14.8 Å². The number of sulfonamides is 1. The fraction of sp³-hybridized carbons (Fsp3) is 0.261. The van der Waals surface area contributed by atoms with Crippen molar-refractivity contribution in [2.24, 2.45) is 0 Å². The molecule has 0 unspecified atom stereocenters. The number of hydrogen-bond donors (Lipinski definition) is 2. The average Bonchev–Trinajstić information content (AvgIpc) is 2.82. The van der Waals surface area contributed by atoms with Gasteiger partial charge in [0.2, 0.25) is 5.88 Å². The number of ether oxygens (including phenoxy) is 3. The van der Waals surface area contributed by atoms with Gasteiger partial charge in [-0.1, -0.05) is 29.8 Å². The maximum absolute atomic E-state index is 12.7. The van der Waals surface area contributed by atoms with Gasteiger partial charge in [-0.2, -0.15) is 9.97 Å². The zero-order chi connectivity index (χ0) is 25.6. The summed E-state index contributed by atoms with van der Waals surface area (Å²) in [6.45, 7) is 3.88. The number of halogens is 1. The number of methoxy groups -OCH3 is 2. The first-order valence-corrected chi connectivity index (χ1v) is 12.7. The number of aromatic nitrogens is 2. The minimum atomic E-state index is -3.96. The van der Waals surface area contributed by atoms with Crippen LogP contribution in [0.3, 0.4) is 0 Å². The molecule has 1 heterocycles. The van der Waals surface area contributed by atoms with Gasteiger partial charge in [0.05, 0.1) is 19.1 Å². The van der Waals surface area contributed by atoms with Gasteiger partial charge in [0.15, 0.2) is 12.4 Å². The van der Waals surface area contributed by atoms with E-state index < -0.39 is 10.0 Å². The number of hydrogen-bond acceptors (Lipinski definition) is 8. The number of carbonyl (C=O) groups is 1. The van der Waals surface area contributed by atoms with Crippen molar-refractivity contribution in [3.63, 3.8) is 0 Å². The molecule has 1 aromatic heterocycles. The molecule has 0 spiro atoms. The Morgan fingerprint density at radius 3 is 2.37 bits per heavy atom. The molecule has 0 aliphatic rings. The molecule has 35 heavy (non-hydrogen) atoms. The van der Waals surface area contributed by atoms with Crippen molar-refractivity contribution in [1.29, 1.82) is 0 Å². The molecule has 0 atom stereocenters. The van der Waals surface area contributed by atoms with E-state index in [1.54, 1.807) is 0 Å². The highest BCUT2D eigenvalue weighted by Crippen LogP contribution is 2.29. The van der Waals surface area contributed by atoms with Crippen LogP contribution in [0.1, 0.15) is 25.3 Å². The zero-order valence-electron chi connectivity index (χ0n) is 19.5. The second-order valence-corrected chi connectivity index (χ2v) is 10.2. The van der Waals surface area contributed by atoms with Gasteiger partial charge in [0, 0.05) is 16.2 Å². The smallest absolute Gasteiger partial charge is 0.321 e. The van der Waals surface area contributed by atoms with E-state index in [1.165, 1.54) is 44.6 Å². The molecule has 3 aromatic rings. The van der Waals surface area contributed by atoms with Gasteiger partial charge in [0.1, 0.15) is 5.75 Å². The maximum Gasteiger partial charge on any atom is 0.321 e. The maximum atomic E-state index is 12.7. The number of amides is 1. The minimum Gasteiger partial charge on any atom is -0.483 e. The highest BCUT2D eigenvalue weighted by molar-refractivity contribution is 9.10. The first-order valence-electron chi connectivity index (χ1n) is 10.4. The molecule has 0 bridgehead atoms. The molecule has 3 rings (SSSR count). The summed E-state index contributed by atoms with van der Waals surface area (Å²) in [6, 6.07) is 12.6. The Morgan fingerprint density at radius 1 is 1.03 bits per heavy atom. The van der Waals surface area contributed by atoms with Crippen LogP contribution < -0.4 is 24.2 Å². The predicted octanol–water partition coefficient (Wildman–Crippen LogP) is 4.20. The van der Waals surface area contributed by atoms with Crippen molar-refractivity contribution >= 4 is 43.4 Å². The zero-order valence-corrected chi connectivity index (χ0v) is 21.9. The van der Waals surface area contributed by atoms with Crippen LogP contribution in [0.25, 0.3) is 0 Å². The van der Waals surface area contributed by atoms with Crippen LogP contribution in [0.15, 0.2) is 57.9 Å². The molecule has 10 nitrogen and oxygen atoms in total. The summed E-state index contributed by atoms with van der Waals surface area (Å²) in [4.78, 5) is 20.2. The van der Waals surface area contributed by atoms with Crippen molar-refractivity contribution in [2.75, 3.05) is 30.9 Å². The molecule has 0 fully saturated rings. The topological polar surface area (TPSA) is 129 Å². The number of nitrogens with zero attached hydrogens (tertiary/aromatic N) is 2. The van der Waals surface area contributed by atoms with Crippen molar-refractivity contribution in [3.05, 3.63) is 58.6 Å². The Balaban J connectivity index is 1.64. The number of anilines is 2. The lowest BCUT2D eigenvalue weighted by Gasteiger charge is -2.14. The van der Waals surface area contributed by atoms with Gasteiger partial charge < -0.3 is 19.5 Å².